The molecule has 35 heavy (non-hydrogen) atoms. The first kappa shape index (κ1) is 24.9. The van der Waals surface area contributed by atoms with E-state index in [-0.39, 0.29) is 10.6 Å². The molecule has 176 valence electrons. The lowest BCUT2D eigenvalue weighted by Crippen LogP contribution is -2.06. The van der Waals surface area contributed by atoms with Gasteiger partial charge < -0.3 is 0 Å². The van der Waals surface area contributed by atoms with E-state index < -0.39 is 0 Å². The monoisotopic (exact) mass is 717 g/mol. The number of aryl methyl sites for hydroxylation is 4. The van der Waals surface area contributed by atoms with Crippen molar-refractivity contribution in [3.05, 3.63) is 117 Å². The lowest BCUT2D eigenvalue weighted by atomic mass is 9.85. The van der Waals surface area contributed by atoms with Crippen LogP contribution in [0.1, 0.15) is 22.3 Å². The zero-order chi connectivity index (χ0) is 24.7. The molecule has 0 fully saturated rings. The maximum Gasteiger partial charge on any atom is 0.278 e. The third-order valence-electron chi connectivity index (χ3n) is 6.45. The summed E-state index contributed by atoms with van der Waals surface area (Å²) in [5.74, 6) is 0. The quantitative estimate of drug-likeness (QED) is 0.145. The van der Waals surface area contributed by atoms with Crippen LogP contribution >= 0.6 is 63.7 Å². The van der Waals surface area contributed by atoms with Crippen LogP contribution in [0.5, 0.6) is 0 Å². The van der Waals surface area contributed by atoms with Crippen molar-refractivity contribution in [3.8, 4) is 22.3 Å². The summed E-state index contributed by atoms with van der Waals surface area (Å²) in [6.07, 6.45) is 4.02. The third kappa shape index (κ3) is 5.19. The highest BCUT2D eigenvalue weighted by Crippen LogP contribution is 2.42. The second-order valence-corrected chi connectivity index (χ2v) is 12.3. The van der Waals surface area contributed by atoms with Crippen molar-refractivity contribution >= 4 is 69.4 Å². The summed E-state index contributed by atoms with van der Waals surface area (Å²) < 4.78 is 4.12. The summed E-state index contributed by atoms with van der Waals surface area (Å²) in [4.78, 5) is 11.0. The van der Waals surface area contributed by atoms with Crippen molar-refractivity contribution in [2.75, 3.05) is 0 Å². The first-order valence-electron chi connectivity index (χ1n) is 11.1. The van der Waals surface area contributed by atoms with Crippen LogP contribution in [-0.2, 0) is 25.7 Å². The summed E-state index contributed by atoms with van der Waals surface area (Å²) in [5.41, 5.74) is 9.78. The summed E-state index contributed by atoms with van der Waals surface area (Å²) in [7, 11) is 0. The van der Waals surface area contributed by atoms with E-state index in [1.807, 2.05) is 24.3 Å². The minimum absolute atomic E-state index is 0.174. The highest BCUT2D eigenvalue weighted by atomic mass is 79.9. The Kier molecular flexibility index (Phi) is 7.31. The molecule has 0 bridgehead atoms. The number of hydrogen-bond donors (Lipinski definition) is 0. The average molecular weight is 721 g/mol. The van der Waals surface area contributed by atoms with Crippen molar-refractivity contribution < 1.29 is 4.92 Å². The van der Waals surface area contributed by atoms with Crippen LogP contribution in [0.3, 0.4) is 0 Å². The van der Waals surface area contributed by atoms with Crippen LogP contribution in [0.4, 0.5) is 5.69 Å². The highest BCUT2D eigenvalue weighted by molar-refractivity contribution is 9.11. The Morgan fingerprint density at radius 3 is 1.43 bits per heavy atom. The van der Waals surface area contributed by atoms with Crippen LogP contribution in [0.15, 0.2) is 84.6 Å². The molecule has 0 saturated carbocycles. The van der Waals surface area contributed by atoms with Gasteiger partial charge in [-0.15, -0.1) is 0 Å². The van der Waals surface area contributed by atoms with Crippen molar-refractivity contribution in [3.63, 3.8) is 0 Å². The van der Waals surface area contributed by atoms with E-state index in [0.29, 0.717) is 0 Å². The van der Waals surface area contributed by atoms with Crippen molar-refractivity contribution in [1.82, 2.24) is 0 Å². The number of nitro benzene ring substituents is 1. The molecule has 0 spiro atoms. The van der Waals surface area contributed by atoms with Gasteiger partial charge in [-0.1, -0.05) is 81.9 Å². The lowest BCUT2D eigenvalue weighted by Gasteiger charge is -2.20. The normalized spacial score (nSPS) is 12.9. The Morgan fingerprint density at radius 2 is 0.943 bits per heavy atom. The second kappa shape index (κ2) is 10.3. The van der Waals surface area contributed by atoms with E-state index in [1.54, 1.807) is 6.07 Å². The van der Waals surface area contributed by atoms with Crippen LogP contribution in [0, 0.1) is 10.1 Å². The predicted octanol–water partition coefficient (Wildman–Crippen LogP) is 9.86. The van der Waals surface area contributed by atoms with E-state index >= 15 is 0 Å². The predicted molar refractivity (Wildman–Crippen MR) is 156 cm³/mol. The first-order chi connectivity index (χ1) is 16.8. The zero-order valence-electron chi connectivity index (χ0n) is 18.5. The third-order valence-corrected chi connectivity index (χ3v) is 8.39. The van der Waals surface area contributed by atoms with Gasteiger partial charge in [0.1, 0.15) is 0 Å². The molecule has 0 unspecified atom stereocenters. The standard InChI is InChI=1S/C14H9Br2NO2.C14H10Br2/c15-10-3-4-12-8(5-10)1-2-9-6-11(16)7-13(14(9)12)17(18)19;15-11-3-5-13-9(7-11)1-2-10-8-12(16)4-6-14(10)13/h3-7H,1-2H2;3-8H,1-2H2. The van der Waals surface area contributed by atoms with Crippen LogP contribution in [-0.4, -0.2) is 4.92 Å². The molecule has 0 radical (unpaired) electrons. The van der Waals surface area contributed by atoms with Crippen molar-refractivity contribution in [2.45, 2.75) is 25.7 Å². The zero-order valence-corrected chi connectivity index (χ0v) is 24.8. The Labute approximate surface area is 237 Å². The van der Waals surface area contributed by atoms with Crippen molar-refractivity contribution in [2.24, 2.45) is 0 Å². The molecule has 0 heterocycles. The minimum atomic E-state index is -0.305. The number of halogens is 4. The summed E-state index contributed by atoms with van der Waals surface area (Å²) in [6, 6.07) is 22.6. The molecule has 0 aromatic heterocycles. The van der Waals surface area contributed by atoms with Gasteiger partial charge in [-0.2, -0.15) is 0 Å². The molecule has 0 saturated heterocycles. The molecule has 0 atom stereocenters. The van der Waals surface area contributed by atoms with Crippen LogP contribution in [0.25, 0.3) is 22.3 Å². The highest BCUT2D eigenvalue weighted by Gasteiger charge is 2.25. The van der Waals surface area contributed by atoms with E-state index in [9.17, 15) is 10.1 Å². The number of fused-ring (bicyclic) bond motifs is 6. The molecule has 6 rings (SSSR count). The lowest BCUT2D eigenvalue weighted by molar-refractivity contribution is -0.384. The van der Waals surface area contributed by atoms with Crippen LogP contribution < -0.4 is 0 Å². The number of nitro groups is 1. The van der Waals surface area contributed by atoms with Gasteiger partial charge >= 0.3 is 0 Å². The maximum absolute atomic E-state index is 11.3. The summed E-state index contributed by atoms with van der Waals surface area (Å²) in [6.45, 7) is 0. The Balaban J connectivity index is 0.000000147. The van der Waals surface area contributed by atoms with Gasteiger partial charge in [0.25, 0.3) is 5.69 Å². The Hall–Kier alpha value is -1.80. The molecule has 0 N–H and O–H groups in total. The molecule has 7 heteroatoms. The van der Waals surface area contributed by atoms with E-state index in [0.717, 1.165) is 56.9 Å². The van der Waals surface area contributed by atoms with Gasteiger partial charge in [0, 0.05) is 24.0 Å². The maximum atomic E-state index is 11.3. The fraction of sp³-hybridized carbons (Fsp3) is 0.143. The van der Waals surface area contributed by atoms with Gasteiger partial charge in [0.05, 0.1) is 10.5 Å². The van der Waals surface area contributed by atoms with Gasteiger partial charge in [-0.05, 0) is 107 Å². The summed E-state index contributed by atoms with van der Waals surface area (Å²) >= 11 is 13.9. The molecule has 0 aliphatic heterocycles. The first-order valence-corrected chi connectivity index (χ1v) is 14.3. The Bertz CT molecular complexity index is 1430. The average Bonchev–Trinajstić information content (AvgIpc) is 2.83. The fourth-order valence-corrected chi connectivity index (χ4v) is 6.63. The SMILES string of the molecule is Brc1ccc2c(c1)CCc1cc(Br)ccc1-2.O=[N+]([O-])c1cc(Br)cc2c1-c1ccc(Br)cc1CC2. The molecular weight excluding hydrogens is 702 g/mol. The molecule has 2 aliphatic rings. The topological polar surface area (TPSA) is 43.1 Å². The van der Waals surface area contributed by atoms with Gasteiger partial charge in [-0.25, -0.2) is 0 Å². The molecule has 4 aromatic carbocycles. The van der Waals surface area contributed by atoms with Gasteiger partial charge in [0.2, 0.25) is 0 Å². The molecule has 0 amide bonds. The molecule has 2 aliphatic carbocycles. The van der Waals surface area contributed by atoms with E-state index in [4.69, 9.17) is 0 Å². The van der Waals surface area contributed by atoms with Gasteiger partial charge in [-0.3, -0.25) is 10.1 Å². The molecule has 4 aromatic rings. The number of benzene rings is 4. The molecular formula is C28H19Br4NO2. The minimum Gasteiger partial charge on any atom is -0.258 e. The number of nitrogens with zero attached hydrogens (tertiary/aromatic N) is 1. The van der Waals surface area contributed by atoms with E-state index in [1.165, 1.54) is 31.2 Å². The van der Waals surface area contributed by atoms with E-state index in [2.05, 4.69) is 100 Å². The van der Waals surface area contributed by atoms with Crippen LogP contribution in [0.2, 0.25) is 0 Å². The van der Waals surface area contributed by atoms with Gasteiger partial charge in [0.15, 0.2) is 0 Å². The summed E-state index contributed by atoms with van der Waals surface area (Å²) in [5, 5.41) is 11.3. The second-order valence-electron chi connectivity index (χ2n) is 8.62. The van der Waals surface area contributed by atoms with Crippen molar-refractivity contribution in [1.29, 1.82) is 0 Å². The Morgan fingerprint density at radius 1 is 0.543 bits per heavy atom. The smallest absolute Gasteiger partial charge is 0.258 e. The fourth-order valence-electron chi connectivity index (χ4n) is 4.92. The number of hydrogen-bond acceptors (Lipinski definition) is 2. The number of rotatable bonds is 1. The largest absolute Gasteiger partial charge is 0.278 e. The molecule has 3 nitrogen and oxygen atoms in total.